The van der Waals surface area contributed by atoms with Gasteiger partial charge in [0.2, 0.25) is 10.0 Å². The van der Waals surface area contributed by atoms with Crippen LogP contribution in [0, 0.1) is 0 Å². The summed E-state index contributed by atoms with van der Waals surface area (Å²) >= 11 is 3.27. The number of benzene rings is 1. The molecule has 1 atom stereocenters. The fourth-order valence-corrected chi connectivity index (χ4v) is 3.28. The highest BCUT2D eigenvalue weighted by Gasteiger charge is 2.17. The molecule has 1 aromatic carbocycles. The van der Waals surface area contributed by atoms with Crippen LogP contribution in [-0.2, 0) is 10.0 Å². The van der Waals surface area contributed by atoms with Crippen LogP contribution < -0.4 is 9.46 Å². The summed E-state index contributed by atoms with van der Waals surface area (Å²) in [5, 5.41) is 0. The molecule has 0 amide bonds. The second-order valence-corrected chi connectivity index (χ2v) is 6.30. The SMILES string of the molecule is CC[C@@H](C)NS(=O)(=O)c1ccc(OC)c(Br)c1. The number of rotatable bonds is 5. The fourth-order valence-electron chi connectivity index (χ4n) is 1.23. The number of sulfonamides is 1. The Hall–Kier alpha value is -0.590. The second-order valence-electron chi connectivity index (χ2n) is 3.73. The molecule has 0 unspecified atom stereocenters. The van der Waals surface area contributed by atoms with Crippen molar-refractivity contribution in [3.63, 3.8) is 0 Å². The first-order valence-corrected chi connectivity index (χ1v) is 7.54. The smallest absolute Gasteiger partial charge is 0.240 e. The van der Waals surface area contributed by atoms with E-state index in [0.717, 1.165) is 6.42 Å². The van der Waals surface area contributed by atoms with E-state index in [1.54, 1.807) is 6.07 Å². The van der Waals surface area contributed by atoms with Gasteiger partial charge in [0.1, 0.15) is 5.75 Å². The quantitative estimate of drug-likeness (QED) is 0.906. The van der Waals surface area contributed by atoms with Gasteiger partial charge in [-0.2, -0.15) is 0 Å². The van der Waals surface area contributed by atoms with Crippen LogP contribution in [0.4, 0.5) is 0 Å². The van der Waals surface area contributed by atoms with Gasteiger partial charge in [0.25, 0.3) is 0 Å². The molecule has 17 heavy (non-hydrogen) atoms. The molecule has 4 nitrogen and oxygen atoms in total. The molecule has 0 bridgehead atoms. The lowest BCUT2D eigenvalue weighted by Gasteiger charge is -2.13. The monoisotopic (exact) mass is 321 g/mol. The molecule has 0 radical (unpaired) electrons. The molecule has 0 aliphatic heterocycles. The van der Waals surface area contributed by atoms with Crippen LogP contribution in [0.15, 0.2) is 27.6 Å². The number of hydrogen-bond acceptors (Lipinski definition) is 3. The van der Waals surface area contributed by atoms with Gasteiger partial charge in [0.05, 0.1) is 16.5 Å². The minimum atomic E-state index is -3.45. The minimum Gasteiger partial charge on any atom is -0.496 e. The van der Waals surface area contributed by atoms with Gasteiger partial charge in [-0.3, -0.25) is 0 Å². The summed E-state index contributed by atoms with van der Waals surface area (Å²) < 4.78 is 32.2. The first kappa shape index (κ1) is 14.5. The van der Waals surface area contributed by atoms with Gasteiger partial charge >= 0.3 is 0 Å². The number of halogens is 1. The van der Waals surface area contributed by atoms with Crippen molar-refractivity contribution in [2.45, 2.75) is 31.2 Å². The molecule has 1 N–H and O–H groups in total. The van der Waals surface area contributed by atoms with E-state index in [1.807, 2.05) is 13.8 Å². The lowest BCUT2D eigenvalue weighted by atomic mass is 10.3. The molecule has 0 aliphatic rings. The zero-order valence-corrected chi connectivity index (χ0v) is 12.4. The Balaban J connectivity index is 3.04. The van der Waals surface area contributed by atoms with E-state index in [0.29, 0.717) is 10.2 Å². The molecule has 0 spiro atoms. The van der Waals surface area contributed by atoms with Gasteiger partial charge < -0.3 is 4.74 Å². The maximum absolute atomic E-state index is 12.0. The Kier molecular flexibility index (Phi) is 4.97. The molecule has 96 valence electrons. The van der Waals surface area contributed by atoms with Crippen LogP contribution in [-0.4, -0.2) is 21.6 Å². The Morgan fingerprint density at radius 3 is 2.59 bits per heavy atom. The molecular formula is C11H16BrNO3S. The van der Waals surface area contributed by atoms with Crippen molar-refractivity contribution >= 4 is 26.0 Å². The number of nitrogens with one attached hydrogen (secondary N) is 1. The summed E-state index contributed by atoms with van der Waals surface area (Å²) in [5.74, 6) is 0.604. The van der Waals surface area contributed by atoms with Gasteiger partial charge in [-0.05, 0) is 47.5 Å². The normalized spacial score (nSPS) is 13.4. The second kappa shape index (κ2) is 5.84. The number of methoxy groups -OCH3 is 1. The zero-order valence-electron chi connectivity index (χ0n) is 10.0. The third-order valence-electron chi connectivity index (χ3n) is 2.40. The van der Waals surface area contributed by atoms with Crippen molar-refractivity contribution in [3.05, 3.63) is 22.7 Å². The van der Waals surface area contributed by atoms with Crippen molar-refractivity contribution in [1.29, 1.82) is 0 Å². The van der Waals surface area contributed by atoms with Crippen LogP contribution in [0.25, 0.3) is 0 Å². The van der Waals surface area contributed by atoms with Crippen molar-refractivity contribution in [3.8, 4) is 5.75 Å². The van der Waals surface area contributed by atoms with Crippen LogP contribution in [0.3, 0.4) is 0 Å². The first-order chi connectivity index (χ1) is 7.90. The summed E-state index contributed by atoms with van der Waals surface area (Å²) in [7, 11) is -1.92. The van der Waals surface area contributed by atoms with Crippen molar-refractivity contribution < 1.29 is 13.2 Å². The van der Waals surface area contributed by atoms with Gasteiger partial charge in [0.15, 0.2) is 0 Å². The summed E-state index contributed by atoms with van der Waals surface area (Å²) in [4.78, 5) is 0.227. The molecule has 0 saturated heterocycles. The predicted octanol–water partition coefficient (Wildman–Crippen LogP) is 2.53. The predicted molar refractivity (Wildman–Crippen MR) is 70.8 cm³/mol. The molecule has 1 rings (SSSR count). The average molecular weight is 322 g/mol. The van der Waals surface area contributed by atoms with Gasteiger partial charge in [-0.1, -0.05) is 6.92 Å². The lowest BCUT2D eigenvalue weighted by Crippen LogP contribution is -2.31. The zero-order chi connectivity index (χ0) is 13.1. The van der Waals surface area contributed by atoms with Crippen molar-refractivity contribution in [2.24, 2.45) is 0 Å². The van der Waals surface area contributed by atoms with E-state index < -0.39 is 10.0 Å². The van der Waals surface area contributed by atoms with Crippen LogP contribution in [0.2, 0.25) is 0 Å². The lowest BCUT2D eigenvalue weighted by molar-refractivity contribution is 0.411. The molecule has 0 heterocycles. The van der Waals surface area contributed by atoms with Gasteiger partial charge in [-0.25, -0.2) is 13.1 Å². The first-order valence-electron chi connectivity index (χ1n) is 5.26. The van der Waals surface area contributed by atoms with Crippen LogP contribution in [0.1, 0.15) is 20.3 Å². The Bertz CT molecular complexity index is 487. The van der Waals surface area contributed by atoms with Crippen LogP contribution >= 0.6 is 15.9 Å². The third-order valence-corrected chi connectivity index (χ3v) is 4.61. The van der Waals surface area contributed by atoms with Crippen molar-refractivity contribution in [1.82, 2.24) is 4.72 Å². The highest BCUT2D eigenvalue weighted by atomic mass is 79.9. The average Bonchev–Trinajstić information content (AvgIpc) is 2.28. The largest absolute Gasteiger partial charge is 0.496 e. The van der Waals surface area contributed by atoms with E-state index in [4.69, 9.17) is 4.74 Å². The van der Waals surface area contributed by atoms with E-state index in [2.05, 4.69) is 20.7 Å². The van der Waals surface area contributed by atoms with E-state index in [1.165, 1.54) is 19.2 Å². The van der Waals surface area contributed by atoms with E-state index in [-0.39, 0.29) is 10.9 Å². The topological polar surface area (TPSA) is 55.4 Å². The number of ether oxygens (including phenoxy) is 1. The van der Waals surface area contributed by atoms with Crippen LogP contribution in [0.5, 0.6) is 5.75 Å². The summed E-state index contributed by atoms with van der Waals surface area (Å²) in [6.07, 6.45) is 0.747. The van der Waals surface area contributed by atoms with Crippen molar-refractivity contribution in [2.75, 3.05) is 7.11 Å². The number of hydrogen-bond donors (Lipinski definition) is 1. The highest BCUT2D eigenvalue weighted by Crippen LogP contribution is 2.27. The third kappa shape index (κ3) is 3.69. The van der Waals surface area contributed by atoms with E-state index >= 15 is 0 Å². The maximum Gasteiger partial charge on any atom is 0.240 e. The Labute approximate surface area is 111 Å². The molecule has 6 heteroatoms. The van der Waals surface area contributed by atoms with Gasteiger partial charge in [-0.15, -0.1) is 0 Å². The summed E-state index contributed by atoms with van der Waals surface area (Å²) in [5.41, 5.74) is 0. The summed E-state index contributed by atoms with van der Waals surface area (Å²) in [6, 6.07) is 4.59. The maximum atomic E-state index is 12.0. The summed E-state index contributed by atoms with van der Waals surface area (Å²) in [6.45, 7) is 3.76. The minimum absolute atomic E-state index is 0.0825. The molecule has 0 saturated carbocycles. The Morgan fingerprint density at radius 2 is 2.12 bits per heavy atom. The molecule has 0 fully saturated rings. The standard InChI is InChI=1S/C11H16BrNO3S/c1-4-8(2)13-17(14,15)9-5-6-11(16-3)10(12)7-9/h5-8,13H,4H2,1-3H3/t8-/m1/s1. The molecular weight excluding hydrogens is 306 g/mol. The highest BCUT2D eigenvalue weighted by molar-refractivity contribution is 9.10. The molecule has 1 aromatic rings. The Morgan fingerprint density at radius 1 is 1.47 bits per heavy atom. The molecule has 0 aromatic heterocycles. The van der Waals surface area contributed by atoms with E-state index in [9.17, 15) is 8.42 Å². The van der Waals surface area contributed by atoms with Gasteiger partial charge in [0, 0.05) is 6.04 Å². The fraction of sp³-hybridized carbons (Fsp3) is 0.455. The molecule has 0 aliphatic carbocycles.